The first-order valence-electron chi connectivity index (χ1n) is 8.19. The standard InChI is InChI=1S/C17H22FN5O/c1-2-22-7-6-19-17(22)23-10-8-21(9-11-23)13-16(24)20-15-5-3-4-14(18)12-15/h3-7,12H,2,8-11,13H2,1H3,(H,20,24). The highest BCUT2D eigenvalue weighted by molar-refractivity contribution is 5.92. The molecular formula is C17H22FN5O. The summed E-state index contributed by atoms with van der Waals surface area (Å²) in [6, 6.07) is 5.94. The minimum atomic E-state index is -0.354. The van der Waals surface area contributed by atoms with E-state index in [9.17, 15) is 9.18 Å². The van der Waals surface area contributed by atoms with Gasteiger partial charge in [0.05, 0.1) is 6.54 Å². The van der Waals surface area contributed by atoms with E-state index < -0.39 is 0 Å². The molecule has 24 heavy (non-hydrogen) atoms. The Morgan fingerprint density at radius 1 is 1.29 bits per heavy atom. The van der Waals surface area contributed by atoms with E-state index in [2.05, 4.69) is 31.6 Å². The first kappa shape index (κ1) is 16.4. The maximum atomic E-state index is 13.1. The Kier molecular flexibility index (Phi) is 5.10. The van der Waals surface area contributed by atoms with Gasteiger partial charge in [-0.05, 0) is 25.1 Å². The molecule has 3 rings (SSSR count). The van der Waals surface area contributed by atoms with Crippen LogP contribution in [0.5, 0.6) is 0 Å². The van der Waals surface area contributed by atoms with Crippen LogP contribution in [-0.4, -0.2) is 53.1 Å². The molecule has 1 fully saturated rings. The topological polar surface area (TPSA) is 53.4 Å². The molecule has 2 aromatic rings. The van der Waals surface area contributed by atoms with Crippen LogP contribution in [0, 0.1) is 5.82 Å². The van der Waals surface area contributed by atoms with Crippen molar-refractivity contribution in [3.63, 3.8) is 0 Å². The summed E-state index contributed by atoms with van der Waals surface area (Å²) in [7, 11) is 0. The van der Waals surface area contributed by atoms with Crippen LogP contribution in [0.25, 0.3) is 0 Å². The van der Waals surface area contributed by atoms with Crippen LogP contribution in [0.3, 0.4) is 0 Å². The molecule has 0 radical (unpaired) electrons. The van der Waals surface area contributed by atoms with Crippen molar-refractivity contribution in [1.82, 2.24) is 14.5 Å². The first-order chi connectivity index (χ1) is 11.7. The number of halogens is 1. The zero-order valence-electron chi connectivity index (χ0n) is 13.8. The van der Waals surface area contributed by atoms with E-state index in [1.54, 1.807) is 12.1 Å². The third-order valence-corrected chi connectivity index (χ3v) is 4.16. The average Bonchev–Trinajstić information content (AvgIpc) is 3.04. The number of rotatable bonds is 5. The second-order valence-corrected chi connectivity index (χ2v) is 5.83. The molecular weight excluding hydrogens is 309 g/mol. The molecule has 1 N–H and O–H groups in total. The van der Waals surface area contributed by atoms with Gasteiger partial charge < -0.3 is 14.8 Å². The van der Waals surface area contributed by atoms with E-state index in [0.29, 0.717) is 12.2 Å². The van der Waals surface area contributed by atoms with Crippen molar-refractivity contribution in [3.05, 3.63) is 42.5 Å². The summed E-state index contributed by atoms with van der Waals surface area (Å²) in [5.74, 6) is 0.512. The zero-order valence-corrected chi connectivity index (χ0v) is 13.8. The minimum Gasteiger partial charge on any atom is -0.340 e. The number of hydrogen-bond acceptors (Lipinski definition) is 4. The van der Waals surface area contributed by atoms with Crippen molar-refractivity contribution in [2.75, 3.05) is 42.9 Å². The molecule has 1 amide bonds. The lowest BCUT2D eigenvalue weighted by Crippen LogP contribution is -2.49. The van der Waals surface area contributed by atoms with Gasteiger partial charge in [0.2, 0.25) is 11.9 Å². The molecule has 1 saturated heterocycles. The number of aromatic nitrogens is 2. The fourth-order valence-electron chi connectivity index (χ4n) is 2.91. The minimum absolute atomic E-state index is 0.121. The molecule has 1 aromatic heterocycles. The number of aryl methyl sites for hydroxylation is 1. The highest BCUT2D eigenvalue weighted by Crippen LogP contribution is 2.14. The van der Waals surface area contributed by atoms with Gasteiger partial charge in [-0.25, -0.2) is 9.37 Å². The molecule has 1 aromatic carbocycles. The van der Waals surface area contributed by atoms with Crippen LogP contribution in [0.15, 0.2) is 36.7 Å². The Balaban J connectivity index is 1.49. The third-order valence-electron chi connectivity index (χ3n) is 4.16. The van der Waals surface area contributed by atoms with E-state index in [1.807, 2.05) is 12.4 Å². The van der Waals surface area contributed by atoms with Gasteiger partial charge in [0.1, 0.15) is 5.82 Å². The maximum absolute atomic E-state index is 13.1. The second kappa shape index (κ2) is 7.44. The maximum Gasteiger partial charge on any atom is 0.238 e. The monoisotopic (exact) mass is 331 g/mol. The molecule has 6 nitrogen and oxygen atoms in total. The number of imidazole rings is 1. The molecule has 1 aliphatic heterocycles. The summed E-state index contributed by atoms with van der Waals surface area (Å²) in [4.78, 5) is 20.9. The van der Waals surface area contributed by atoms with Gasteiger partial charge in [-0.3, -0.25) is 9.69 Å². The highest BCUT2D eigenvalue weighted by atomic mass is 19.1. The van der Waals surface area contributed by atoms with Crippen LogP contribution in [0.4, 0.5) is 16.0 Å². The Labute approximate surface area is 140 Å². The summed E-state index contributed by atoms with van der Waals surface area (Å²) in [6.07, 6.45) is 3.80. The SMILES string of the molecule is CCn1ccnc1N1CCN(CC(=O)Nc2cccc(F)c2)CC1. The molecule has 7 heteroatoms. The lowest BCUT2D eigenvalue weighted by Gasteiger charge is -2.35. The summed E-state index contributed by atoms with van der Waals surface area (Å²) >= 11 is 0. The summed E-state index contributed by atoms with van der Waals surface area (Å²) in [6.45, 7) is 6.57. The summed E-state index contributed by atoms with van der Waals surface area (Å²) < 4.78 is 15.3. The number of nitrogens with one attached hydrogen (secondary N) is 1. The van der Waals surface area contributed by atoms with Crippen molar-refractivity contribution in [2.45, 2.75) is 13.5 Å². The van der Waals surface area contributed by atoms with Crippen molar-refractivity contribution >= 4 is 17.5 Å². The zero-order chi connectivity index (χ0) is 16.9. The first-order valence-corrected chi connectivity index (χ1v) is 8.19. The van der Waals surface area contributed by atoms with Gasteiger partial charge in [0.15, 0.2) is 0 Å². The highest BCUT2D eigenvalue weighted by Gasteiger charge is 2.21. The number of nitrogens with zero attached hydrogens (tertiary/aromatic N) is 4. The molecule has 0 bridgehead atoms. The lowest BCUT2D eigenvalue weighted by atomic mass is 10.3. The Morgan fingerprint density at radius 2 is 2.08 bits per heavy atom. The van der Waals surface area contributed by atoms with Crippen molar-refractivity contribution in [3.8, 4) is 0 Å². The molecule has 128 valence electrons. The molecule has 0 saturated carbocycles. The third kappa shape index (κ3) is 3.91. The molecule has 0 spiro atoms. The number of benzene rings is 1. The Hall–Kier alpha value is -2.41. The van der Waals surface area contributed by atoms with Crippen LogP contribution < -0.4 is 10.2 Å². The van der Waals surface area contributed by atoms with Crippen molar-refractivity contribution < 1.29 is 9.18 Å². The number of hydrogen-bond donors (Lipinski definition) is 1. The Bertz CT molecular complexity index is 694. The van der Waals surface area contributed by atoms with Gasteiger partial charge in [0.25, 0.3) is 0 Å². The number of piperazine rings is 1. The molecule has 0 unspecified atom stereocenters. The molecule has 0 atom stereocenters. The summed E-state index contributed by atoms with van der Waals surface area (Å²) in [5.41, 5.74) is 0.489. The van der Waals surface area contributed by atoms with Gasteiger partial charge in [-0.2, -0.15) is 0 Å². The van der Waals surface area contributed by atoms with Gasteiger partial charge in [-0.1, -0.05) is 6.07 Å². The fourth-order valence-corrected chi connectivity index (χ4v) is 2.91. The van der Waals surface area contributed by atoms with Gasteiger partial charge in [-0.15, -0.1) is 0 Å². The van der Waals surface area contributed by atoms with Gasteiger partial charge >= 0.3 is 0 Å². The number of anilines is 2. The lowest BCUT2D eigenvalue weighted by molar-refractivity contribution is -0.117. The number of carbonyl (C=O) groups is 1. The van der Waals surface area contributed by atoms with Crippen LogP contribution in [0.2, 0.25) is 0 Å². The smallest absolute Gasteiger partial charge is 0.238 e. The number of carbonyl (C=O) groups excluding carboxylic acids is 1. The predicted octanol–water partition coefficient (Wildman–Crippen LogP) is 1.80. The molecule has 2 heterocycles. The van der Waals surface area contributed by atoms with Crippen molar-refractivity contribution in [1.29, 1.82) is 0 Å². The van der Waals surface area contributed by atoms with Crippen LogP contribution in [-0.2, 0) is 11.3 Å². The predicted molar refractivity (Wildman–Crippen MR) is 91.6 cm³/mol. The van der Waals surface area contributed by atoms with E-state index in [0.717, 1.165) is 38.7 Å². The largest absolute Gasteiger partial charge is 0.340 e. The average molecular weight is 331 g/mol. The Morgan fingerprint density at radius 3 is 2.79 bits per heavy atom. The van der Waals surface area contributed by atoms with Crippen molar-refractivity contribution in [2.24, 2.45) is 0 Å². The molecule has 1 aliphatic rings. The van der Waals surface area contributed by atoms with E-state index in [1.165, 1.54) is 12.1 Å². The van der Waals surface area contributed by atoms with Crippen LogP contribution >= 0.6 is 0 Å². The van der Waals surface area contributed by atoms with Crippen LogP contribution in [0.1, 0.15) is 6.92 Å². The normalized spacial score (nSPS) is 15.5. The number of amides is 1. The second-order valence-electron chi connectivity index (χ2n) is 5.83. The quantitative estimate of drug-likeness (QED) is 0.908. The van der Waals surface area contributed by atoms with E-state index >= 15 is 0 Å². The van der Waals surface area contributed by atoms with Gasteiger partial charge in [0, 0.05) is 50.8 Å². The fraction of sp³-hybridized carbons (Fsp3) is 0.412. The van der Waals surface area contributed by atoms with E-state index in [-0.39, 0.29) is 11.7 Å². The summed E-state index contributed by atoms with van der Waals surface area (Å²) in [5, 5.41) is 2.74. The van der Waals surface area contributed by atoms with E-state index in [4.69, 9.17) is 0 Å². The molecule has 0 aliphatic carbocycles.